The summed E-state index contributed by atoms with van der Waals surface area (Å²) in [5.41, 5.74) is 1.48. The maximum atomic E-state index is 12.7. The average Bonchev–Trinajstić information content (AvgIpc) is 3.14. The van der Waals surface area contributed by atoms with Crippen LogP contribution in [0, 0.1) is 0 Å². The second-order valence-electron chi connectivity index (χ2n) is 7.08. The van der Waals surface area contributed by atoms with Gasteiger partial charge in [0.1, 0.15) is 27.9 Å². The van der Waals surface area contributed by atoms with Gasteiger partial charge in [-0.15, -0.1) is 0 Å². The maximum Gasteiger partial charge on any atom is 0.344 e. The first kappa shape index (κ1) is 22.5. The Balaban J connectivity index is 1.88. The Morgan fingerprint density at radius 1 is 1.06 bits per heavy atom. The number of nitrogens with zero attached hydrogens (tertiary/aromatic N) is 1. The molecule has 3 aromatic rings. The summed E-state index contributed by atoms with van der Waals surface area (Å²) in [4.78, 5) is 17.7. The number of hydrogen-bond donors (Lipinski definition) is 1. The molecule has 3 aromatic carbocycles. The minimum atomic E-state index is -0.618. The third-order valence-electron chi connectivity index (χ3n) is 5.08. The quantitative estimate of drug-likeness (QED) is 0.450. The van der Waals surface area contributed by atoms with E-state index in [2.05, 4.69) is 4.99 Å². The number of aliphatic hydroxyl groups excluding tert-OH is 1. The number of carbonyl (C=O) groups is 1. The Bertz CT molecular complexity index is 1290. The normalized spacial score (nSPS) is 16.0. The van der Waals surface area contributed by atoms with Crippen molar-refractivity contribution < 1.29 is 24.1 Å². The van der Waals surface area contributed by atoms with E-state index in [0.29, 0.717) is 27.1 Å². The highest BCUT2D eigenvalue weighted by molar-refractivity contribution is 8.18. The smallest absolute Gasteiger partial charge is 0.344 e. The molecule has 0 atom stereocenters. The van der Waals surface area contributed by atoms with E-state index >= 15 is 0 Å². The first-order valence-corrected chi connectivity index (χ1v) is 11.2. The van der Waals surface area contributed by atoms with Gasteiger partial charge in [0.25, 0.3) is 0 Å². The van der Waals surface area contributed by atoms with Gasteiger partial charge in [0.15, 0.2) is 0 Å². The number of hydrogen-bond acceptors (Lipinski definition) is 7. The molecule has 0 bridgehead atoms. The van der Waals surface area contributed by atoms with Crippen molar-refractivity contribution in [1.82, 2.24) is 0 Å². The van der Waals surface area contributed by atoms with Gasteiger partial charge in [-0.25, -0.2) is 9.79 Å². The van der Waals surface area contributed by atoms with Crippen LogP contribution in [0.2, 0.25) is 0 Å². The summed E-state index contributed by atoms with van der Waals surface area (Å²) in [6.45, 7) is 1.91. The van der Waals surface area contributed by atoms with Crippen LogP contribution in [0.25, 0.3) is 16.8 Å². The maximum absolute atomic E-state index is 12.7. The van der Waals surface area contributed by atoms with Crippen molar-refractivity contribution in [3.8, 4) is 11.5 Å². The van der Waals surface area contributed by atoms with Gasteiger partial charge in [0.05, 0.1) is 31.4 Å². The molecule has 6 nitrogen and oxygen atoms in total. The van der Waals surface area contributed by atoms with Crippen LogP contribution >= 0.6 is 11.8 Å². The van der Waals surface area contributed by atoms with Gasteiger partial charge in [0, 0.05) is 5.56 Å². The summed E-state index contributed by atoms with van der Waals surface area (Å²) < 4.78 is 16.2. The summed E-state index contributed by atoms with van der Waals surface area (Å²) in [5, 5.41) is 13.3. The molecule has 168 valence electrons. The van der Waals surface area contributed by atoms with E-state index in [1.165, 1.54) is 11.8 Å². The Labute approximate surface area is 196 Å². The van der Waals surface area contributed by atoms with Crippen molar-refractivity contribution in [2.45, 2.75) is 6.92 Å². The van der Waals surface area contributed by atoms with Crippen LogP contribution in [0.3, 0.4) is 0 Å². The summed E-state index contributed by atoms with van der Waals surface area (Å²) >= 11 is 1.21. The zero-order valence-electron chi connectivity index (χ0n) is 18.5. The van der Waals surface area contributed by atoms with E-state index in [1.54, 1.807) is 27.2 Å². The van der Waals surface area contributed by atoms with Crippen molar-refractivity contribution in [2.75, 3.05) is 20.8 Å². The zero-order valence-corrected chi connectivity index (χ0v) is 19.3. The monoisotopic (exact) mass is 461 g/mol. The van der Waals surface area contributed by atoms with Gasteiger partial charge in [-0.2, -0.15) is 0 Å². The van der Waals surface area contributed by atoms with Crippen LogP contribution in [0.15, 0.2) is 81.9 Å². The topological polar surface area (TPSA) is 77.4 Å². The molecule has 1 N–H and O–H groups in total. The molecule has 0 saturated carbocycles. The number of carbonyl (C=O) groups excluding carboxylic acids is 1. The van der Waals surface area contributed by atoms with E-state index in [0.717, 1.165) is 16.3 Å². The zero-order chi connectivity index (χ0) is 23.4. The molecule has 0 saturated heterocycles. The molecule has 4 rings (SSSR count). The van der Waals surface area contributed by atoms with Gasteiger partial charge >= 0.3 is 5.97 Å². The number of thioether (sulfide) groups is 1. The van der Waals surface area contributed by atoms with Crippen molar-refractivity contribution >= 4 is 45.3 Å². The van der Waals surface area contributed by atoms with Crippen LogP contribution in [-0.2, 0) is 9.53 Å². The molecule has 1 aliphatic heterocycles. The predicted molar refractivity (Wildman–Crippen MR) is 132 cm³/mol. The first-order chi connectivity index (χ1) is 16.0. The summed E-state index contributed by atoms with van der Waals surface area (Å²) in [5.74, 6) is 0.540. The molecule has 0 unspecified atom stereocenters. The summed E-state index contributed by atoms with van der Waals surface area (Å²) in [6.07, 6.45) is 1.80. The highest BCUT2D eigenvalue weighted by Crippen LogP contribution is 2.42. The SMILES string of the molecule is CCOC(=O)C1=C(O)/C(=C/c2c(OC)ccc3ccc(OC)cc23)SC1=Nc1ccccc1. The molecular weight excluding hydrogens is 438 g/mol. The number of aliphatic hydroxyl groups is 1. The summed E-state index contributed by atoms with van der Waals surface area (Å²) in [6, 6.07) is 18.8. The van der Waals surface area contributed by atoms with Crippen molar-refractivity contribution in [1.29, 1.82) is 0 Å². The highest BCUT2D eigenvalue weighted by atomic mass is 32.2. The summed E-state index contributed by atoms with van der Waals surface area (Å²) in [7, 11) is 3.20. The molecule has 0 aromatic heterocycles. The Morgan fingerprint density at radius 3 is 2.52 bits per heavy atom. The fraction of sp³-hybridized carbons (Fsp3) is 0.154. The number of methoxy groups -OCH3 is 2. The Hall–Kier alpha value is -3.71. The minimum absolute atomic E-state index is 0.0498. The lowest BCUT2D eigenvalue weighted by molar-refractivity contribution is -0.138. The lowest BCUT2D eigenvalue weighted by atomic mass is 10.0. The highest BCUT2D eigenvalue weighted by Gasteiger charge is 2.33. The van der Waals surface area contributed by atoms with Crippen molar-refractivity contribution in [3.05, 3.63) is 82.5 Å². The first-order valence-electron chi connectivity index (χ1n) is 10.3. The number of fused-ring (bicyclic) bond motifs is 1. The Kier molecular flexibility index (Phi) is 6.70. The number of esters is 1. The van der Waals surface area contributed by atoms with E-state index in [4.69, 9.17) is 14.2 Å². The fourth-order valence-electron chi connectivity index (χ4n) is 3.50. The van der Waals surface area contributed by atoms with E-state index in [-0.39, 0.29) is 17.9 Å². The number of para-hydroxylation sites is 1. The van der Waals surface area contributed by atoms with Crippen LogP contribution in [0.4, 0.5) is 5.69 Å². The minimum Gasteiger partial charge on any atom is -0.506 e. The second kappa shape index (κ2) is 9.83. The molecule has 1 aliphatic rings. The Morgan fingerprint density at radius 2 is 1.82 bits per heavy atom. The molecule has 0 radical (unpaired) electrons. The van der Waals surface area contributed by atoms with E-state index < -0.39 is 5.97 Å². The molecule has 0 amide bonds. The average molecular weight is 462 g/mol. The number of aliphatic imine (C=N–C) groups is 1. The van der Waals surface area contributed by atoms with Gasteiger partial charge in [-0.3, -0.25) is 0 Å². The molecule has 0 fully saturated rings. The van der Waals surface area contributed by atoms with Crippen molar-refractivity contribution in [3.63, 3.8) is 0 Å². The van der Waals surface area contributed by atoms with Crippen LogP contribution in [-0.4, -0.2) is 36.9 Å². The predicted octanol–water partition coefficient (Wildman–Crippen LogP) is 6.05. The lowest BCUT2D eigenvalue weighted by Crippen LogP contribution is -2.12. The molecule has 0 spiro atoms. The van der Waals surface area contributed by atoms with Crippen LogP contribution in [0.5, 0.6) is 11.5 Å². The van der Waals surface area contributed by atoms with Gasteiger partial charge < -0.3 is 19.3 Å². The third-order valence-corrected chi connectivity index (χ3v) is 6.10. The van der Waals surface area contributed by atoms with Gasteiger partial charge in [-0.05, 0) is 54.1 Å². The molecule has 0 aliphatic carbocycles. The van der Waals surface area contributed by atoms with Gasteiger partial charge in [-0.1, -0.05) is 42.1 Å². The molecule has 7 heteroatoms. The second-order valence-corrected chi connectivity index (χ2v) is 8.11. The molecular formula is C26H23NO5S. The number of benzene rings is 3. The molecule has 1 heterocycles. The van der Waals surface area contributed by atoms with Gasteiger partial charge in [0.2, 0.25) is 0 Å². The van der Waals surface area contributed by atoms with Crippen LogP contribution in [0.1, 0.15) is 12.5 Å². The van der Waals surface area contributed by atoms with Crippen LogP contribution < -0.4 is 9.47 Å². The standard InChI is InChI=1S/C26H23NO5S/c1-4-32-26(29)23-24(28)22(33-25(23)27-17-8-6-5-7-9-17)15-20-19-14-18(30-2)12-10-16(19)11-13-21(20)31-3/h5-15,28H,4H2,1-3H3/b22-15-,27-25?. The largest absolute Gasteiger partial charge is 0.506 e. The lowest BCUT2D eigenvalue weighted by Gasteiger charge is -2.11. The number of ether oxygens (including phenoxy) is 3. The van der Waals surface area contributed by atoms with E-state index in [1.807, 2.05) is 60.7 Å². The molecule has 33 heavy (non-hydrogen) atoms. The van der Waals surface area contributed by atoms with Crippen molar-refractivity contribution in [2.24, 2.45) is 4.99 Å². The van der Waals surface area contributed by atoms with E-state index in [9.17, 15) is 9.90 Å². The number of rotatable bonds is 6. The fourth-order valence-corrected chi connectivity index (χ4v) is 4.52. The third kappa shape index (κ3) is 4.59.